The van der Waals surface area contributed by atoms with E-state index in [1.165, 1.54) is 6.07 Å². The van der Waals surface area contributed by atoms with Crippen molar-refractivity contribution in [2.45, 2.75) is 11.5 Å². The van der Waals surface area contributed by atoms with E-state index in [4.69, 9.17) is 11.6 Å². The van der Waals surface area contributed by atoms with Gasteiger partial charge in [0.25, 0.3) is 5.69 Å². The maximum atomic E-state index is 10.9. The molecular formula is C15H15ClN2O2S. The number of hydrogen-bond acceptors (Lipinski definition) is 4. The molecule has 0 atom stereocenters. The summed E-state index contributed by atoms with van der Waals surface area (Å²) in [6, 6.07) is 12.6. The standard InChI is InChI=1S/C15H15ClN2O2S/c1-17-15-7-6-13(18(19)20)8-12(15)10-21-9-11-4-2-3-5-14(11)16/h2-8,17H,9-10H2,1H3. The molecule has 0 aliphatic carbocycles. The molecule has 6 heteroatoms. The Hall–Kier alpha value is -1.72. The van der Waals surface area contributed by atoms with Crippen LogP contribution in [0.2, 0.25) is 5.02 Å². The monoisotopic (exact) mass is 322 g/mol. The second-order valence-electron chi connectivity index (χ2n) is 4.43. The number of anilines is 1. The van der Waals surface area contributed by atoms with Crippen LogP contribution in [0.3, 0.4) is 0 Å². The summed E-state index contributed by atoms with van der Waals surface area (Å²) in [6.45, 7) is 0. The number of thioether (sulfide) groups is 1. The van der Waals surface area contributed by atoms with Crippen LogP contribution in [0.1, 0.15) is 11.1 Å². The van der Waals surface area contributed by atoms with E-state index < -0.39 is 0 Å². The van der Waals surface area contributed by atoms with Crippen LogP contribution < -0.4 is 5.32 Å². The van der Waals surface area contributed by atoms with Crippen LogP contribution in [0.5, 0.6) is 0 Å². The summed E-state index contributed by atoms with van der Waals surface area (Å²) in [5.74, 6) is 1.45. The topological polar surface area (TPSA) is 55.2 Å². The number of non-ortho nitro benzene ring substituents is 1. The van der Waals surface area contributed by atoms with E-state index in [2.05, 4.69) is 5.32 Å². The molecule has 0 radical (unpaired) electrons. The summed E-state index contributed by atoms with van der Waals surface area (Å²) in [7, 11) is 1.81. The normalized spacial score (nSPS) is 10.4. The molecule has 110 valence electrons. The first-order valence-corrected chi connectivity index (χ1v) is 7.91. The second-order valence-corrected chi connectivity index (χ2v) is 5.83. The lowest BCUT2D eigenvalue weighted by atomic mass is 10.2. The highest BCUT2D eigenvalue weighted by Crippen LogP contribution is 2.28. The highest BCUT2D eigenvalue weighted by molar-refractivity contribution is 7.97. The van der Waals surface area contributed by atoms with Crippen LogP contribution in [-0.4, -0.2) is 12.0 Å². The maximum absolute atomic E-state index is 10.9. The Balaban J connectivity index is 2.07. The Bertz CT molecular complexity index is 649. The van der Waals surface area contributed by atoms with Crippen molar-refractivity contribution in [2.24, 2.45) is 0 Å². The average molecular weight is 323 g/mol. The predicted octanol–water partition coefficient (Wildman–Crippen LogP) is 4.72. The molecule has 1 N–H and O–H groups in total. The first kappa shape index (κ1) is 15.7. The van der Waals surface area contributed by atoms with Gasteiger partial charge in [0.15, 0.2) is 0 Å². The first-order valence-electron chi connectivity index (χ1n) is 6.38. The third-order valence-corrected chi connectivity index (χ3v) is 4.44. The lowest BCUT2D eigenvalue weighted by molar-refractivity contribution is -0.384. The predicted molar refractivity (Wildman–Crippen MR) is 89.1 cm³/mol. The van der Waals surface area contributed by atoms with E-state index in [1.807, 2.05) is 31.3 Å². The van der Waals surface area contributed by atoms with Crippen LogP contribution in [0, 0.1) is 10.1 Å². The van der Waals surface area contributed by atoms with Crippen molar-refractivity contribution >= 4 is 34.7 Å². The Morgan fingerprint density at radius 3 is 2.57 bits per heavy atom. The van der Waals surface area contributed by atoms with Crippen molar-refractivity contribution in [3.05, 3.63) is 68.7 Å². The molecule has 0 saturated heterocycles. The number of halogens is 1. The molecule has 0 aliphatic rings. The fourth-order valence-corrected chi connectivity index (χ4v) is 3.26. The molecule has 0 spiro atoms. The lowest BCUT2D eigenvalue weighted by Gasteiger charge is -2.09. The highest BCUT2D eigenvalue weighted by atomic mass is 35.5. The minimum atomic E-state index is -0.373. The van der Waals surface area contributed by atoms with Crippen LogP contribution in [-0.2, 0) is 11.5 Å². The first-order chi connectivity index (χ1) is 10.1. The van der Waals surface area contributed by atoms with E-state index in [-0.39, 0.29) is 10.6 Å². The third kappa shape index (κ3) is 4.12. The number of benzene rings is 2. The van der Waals surface area contributed by atoms with Gasteiger partial charge in [0, 0.05) is 41.4 Å². The number of rotatable bonds is 6. The van der Waals surface area contributed by atoms with Gasteiger partial charge in [-0.25, -0.2) is 0 Å². The molecular weight excluding hydrogens is 308 g/mol. The fourth-order valence-electron chi connectivity index (χ4n) is 1.94. The van der Waals surface area contributed by atoms with Gasteiger partial charge in [0.05, 0.1) is 4.92 Å². The van der Waals surface area contributed by atoms with Crippen molar-refractivity contribution in [2.75, 3.05) is 12.4 Å². The molecule has 0 aromatic heterocycles. The van der Waals surface area contributed by atoms with Gasteiger partial charge in [-0.2, -0.15) is 11.8 Å². The van der Waals surface area contributed by atoms with Gasteiger partial charge in [-0.15, -0.1) is 0 Å². The van der Waals surface area contributed by atoms with Gasteiger partial charge < -0.3 is 5.32 Å². The van der Waals surface area contributed by atoms with E-state index >= 15 is 0 Å². The molecule has 0 aliphatic heterocycles. The smallest absolute Gasteiger partial charge is 0.269 e. The lowest BCUT2D eigenvalue weighted by Crippen LogP contribution is -1.97. The summed E-state index contributed by atoms with van der Waals surface area (Å²) in [4.78, 5) is 10.5. The molecule has 2 aromatic rings. The number of nitrogens with one attached hydrogen (secondary N) is 1. The Kier molecular flexibility index (Phi) is 5.47. The van der Waals surface area contributed by atoms with Crippen LogP contribution in [0.15, 0.2) is 42.5 Å². The van der Waals surface area contributed by atoms with Crippen molar-refractivity contribution in [3.8, 4) is 0 Å². The number of nitro benzene ring substituents is 1. The Morgan fingerprint density at radius 2 is 1.90 bits per heavy atom. The fraction of sp³-hybridized carbons (Fsp3) is 0.200. The third-order valence-electron chi connectivity index (χ3n) is 3.04. The van der Waals surface area contributed by atoms with Gasteiger partial charge in [-0.1, -0.05) is 29.8 Å². The zero-order valence-electron chi connectivity index (χ0n) is 11.5. The molecule has 4 nitrogen and oxygen atoms in total. The molecule has 2 rings (SSSR count). The molecule has 0 amide bonds. The van der Waals surface area contributed by atoms with E-state index in [0.29, 0.717) is 5.75 Å². The van der Waals surface area contributed by atoms with Crippen molar-refractivity contribution in [1.82, 2.24) is 0 Å². The SMILES string of the molecule is CNc1ccc([N+](=O)[O-])cc1CSCc1ccccc1Cl. The van der Waals surface area contributed by atoms with Gasteiger partial charge in [-0.05, 0) is 23.3 Å². The van der Waals surface area contributed by atoms with Gasteiger partial charge in [0.1, 0.15) is 0 Å². The summed E-state index contributed by atoms with van der Waals surface area (Å²) < 4.78 is 0. The Labute approximate surface area is 132 Å². The quantitative estimate of drug-likeness (QED) is 0.617. The Morgan fingerprint density at radius 1 is 1.19 bits per heavy atom. The van der Waals surface area contributed by atoms with Crippen molar-refractivity contribution in [1.29, 1.82) is 0 Å². The molecule has 21 heavy (non-hydrogen) atoms. The molecule has 0 saturated carbocycles. The maximum Gasteiger partial charge on any atom is 0.269 e. The van der Waals surface area contributed by atoms with E-state index in [9.17, 15) is 10.1 Å². The summed E-state index contributed by atoms with van der Waals surface area (Å²) in [5, 5.41) is 14.7. The van der Waals surface area contributed by atoms with Crippen molar-refractivity contribution in [3.63, 3.8) is 0 Å². The summed E-state index contributed by atoms with van der Waals surface area (Å²) in [5.41, 5.74) is 3.01. The minimum Gasteiger partial charge on any atom is -0.388 e. The van der Waals surface area contributed by atoms with Crippen LogP contribution in [0.4, 0.5) is 11.4 Å². The molecule has 2 aromatic carbocycles. The minimum absolute atomic E-state index is 0.113. The zero-order valence-corrected chi connectivity index (χ0v) is 13.1. The van der Waals surface area contributed by atoms with Gasteiger partial charge >= 0.3 is 0 Å². The van der Waals surface area contributed by atoms with E-state index in [1.54, 1.807) is 23.9 Å². The molecule has 0 bridgehead atoms. The van der Waals surface area contributed by atoms with Crippen LogP contribution in [0.25, 0.3) is 0 Å². The summed E-state index contributed by atoms with van der Waals surface area (Å²) >= 11 is 7.79. The zero-order chi connectivity index (χ0) is 15.2. The largest absolute Gasteiger partial charge is 0.388 e. The highest BCUT2D eigenvalue weighted by Gasteiger charge is 2.10. The number of nitro groups is 1. The number of nitrogens with zero attached hydrogens (tertiary/aromatic N) is 1. The van der Waals surface area contributed by atoms with Crippen LogP contribution >= 0.6 is 23.4 Å². The van der Waals surface area contributed by atoms with Crippen molar-refractivity contribution < 1.29 is 4.92 Å². The average Bonchev–Trinajstić information content (AvgIpc) is 2.49. The molecule has 0 heterocycles. The van der Waals surface area contributed by atoms with Gasteiger partial charge in [-0.3, -0.25) is 10.1 Å². The van der Waals surface area contributed by atoms with E-state index in [0.717, 1.165) is 27.6 Å². The molecule has 0 fully saturated rings. The number of hydrogen-bond donors (Lipinski definition) is 1. The molecule has 0 unspecified atom stereocenters. The van der Waals surface area contributed by atoms with Gasteiger partial charge in [0.2, 0.25) is 0 Å². The second kappa shape index (κ2) is 7.33. The summed E-state index contributed by atoms with van der Waals surface area (Å²) in [6.07, 6.45) is 0.